The minimum atomic E-state index is -4.99. The first kappa shape index (κ1) is 5.90. The maximum Gasteiger partial charge on any atom is 0.529 e. The van der Waals surface area contributed by atoms with Gasteiger partial charge in [-0.2, -0.15) is 0 Å². The van der Waals surface area contributed by atoms with Crippen LogP contribution < -0.4 is 0 Å². The van der Waals surface area contributed by atoms with Crippen LogP contribution >= 0.6 is 7.82 Å². The summed E-state index contributed by atoms with van der Waals surface area (Å²) in [6.07, 6.45) is 0.707. The molecule has 0 aliphatic rings. The van der Waals surface area contributed by atoms with Gasteiger partial charge in [0.15, 0.2) is 0 Å². The monoisotopic (exact) mass is 230 g/mol. The van der Waals surface area contributed by atoms with Crippen molar-refractivity contribution in [2.45, 2.75) is 6.92 Å². The fourth-order valence-electron chi connectivity index (χ4n) is 0.483. The second-order valence-corrected chi connectivity index (χ2v) is 3.44. The predicted molar refractivity (Wildman–Crippen MR) is 48.5 cm³/mol. The van der Waals surface area contributed by atoms with Crippen LogP contribution in [-0.2, 0) is 27.7 Å². The second-order valence-electron chi connectivity index (χ2n) is 2.00. The van der Waals surface area contributed by atoms with Crippen molar-refractivity contribution in [3.63, 3.8) is 0 Å². The van der Waals surface area contributed by atoms with Crippen LogP contribution in [0.4, 0.5) is 0 Å². The molecule has 0 radical (unpaired) electrons. The second kappa shape index (κ2) is 5.80. The molecule has 0 aliphatic heterocycles. The number of rotatable bonds is 5. The topological polar surface area (TPSA) is 71.1 Å². The van der Waals surface area contributed by atoms with Gasteiger partial charge in [0.2, 0.25) is 0 Å². The van der Waals surface area contributed by atoms with E-state index < -0.39 is 33.6 Å². The number of carbonyl (C=O) groups is 1. The van der Waals surface area contributed by atoms with E-state index >= 15 is 0 Å². The van der Waals surface area contributed by atoms with Crippen LogP contribution in [0.1, 0.15) is 15.1 Å². The van der Waals surface area contributed by atoms with Gasteiger partial charge in [0.1, 0.15) is 5.76 Å². The largest absolute Gasteiger partial charge is 0.529 e. The Morgan fingerprint density at radius 2 is 2.00 bits per heavy atom. The number of hydrogen-bond donors (Lipinski definition) is 0. The highest BCUT2D eigenvalue weighted by Gasteiger charge is 2.24. The van der Waals surface area contributed by atoms with Gasteiger partial charge >= 0.3 is 13.8 Å². The maximum atomic E-state index is 11.9. The number of methoxy groups -OCH3 is 1. The summed E-state index contributed by atoms with van der Waals surface area (Å²) < 4.78 is 69.6. The summed E-state index contributed by atoms with van der Waals surface area (Å²) >= 11 is 0. The minimum absolute atomic E-state index is 0.409. The van der Waals surface area contributed by atoms with Crippen LogP contribution in [0.15, 0.2) is 11.8 Å². The molecule has 0 aromatic heterocycles. The Bertz CT molecular complexity index is 407. The van der Waals surface area contributed by atoms with Crippen molar-refractivity contribution in [3.05, 3.63) is 11.8 Å². The number of allylic oxidation sites excluding steroid dienone is 1. The van der Waals surface area contributed by atoms with Crippen LogP contribution in [-0.4, -0.2) is 27.2 Å². The van der Waals surface area contributed by atoms with Gasteiger partial charge in [-0.1, -0.05) is 0 Å². The molecule has 0 atom stereocenters. The first-order chi connectivity index (χ1) is 8.76. The summed E-state index contributed by atoms with van der Waals surface area (Å²) in [5, 5.41) is 0. The van der Waals surface area contributed by atoms with Crippen molar-refractivity contribution in [3.8, 4) is 0 Å². The fourth-order valence-corrected chi connectivity index (χ4v) is 1.00. The van der Waals surface area contributed by atoms with E-state index in [1.54, 1.807) is 0 Å². The number of hydrogen-bond acceptors (Lipinski definition) is 6. The Morgan fingerprint density at radius 3 is 2.43 bits per heavy atom. The molecule has 14 heavy (non-hydrogen) atoms. The average Bonchev–Trinajstić information content (AvgIpc) is 2.09. The third kappa shape index (κ3) is 4.41. The molecule has 0 bridgehead atoms. The molecule has 0 aromatic carbocycles. The van der Waals surface area contributed by atoms with E-state index in [1.807, 2.05) is 0 Å². The zero-order valence-corrected chi connectivity index (χ0v) is 8.37. The molecule has 0 aliphatic carbocycles. The molecule has 0 unspecified atom stereocenters. The smallest absolute Gasteiger partial charge is 0.466 e. The van der Waals surface area contributed by atoms with Gasteiger partial charge in [-0.05, 0) is 6.92 Å². The average molecular weight is 230 g/mol. The van der Waals surface area contributed by atoms with Crippen LogP contribution in [0.2, 0.25) is 0 Å². The highest BCUT2D eigenvalue weighted by molar-refractivity contribution is 7.48. The van der Waals surface area contributed by atoms with Crippen molar-refractivity contribution >= 4 is 13.8 Å². The SMILES string of the molecule is [2H]C([2H])([2H])OP(=O)(O/C(C)=C/C(=O)OC)OC([2H])([2H])[2H]. The number of ether oxygens (including phenoxy) is 1. The van der Waals surface area contributed by atoms with Crippen LogP contribution in [0.25, 0.3) is 0 Å². The molecule has 0 heterocycles. The lowest BCUT2D eigenvalue weighted by atomic mass is 10.5. The lowest BCUT2D eigenvalue weighted by molar-refractivity contribution is -0.135. The summed E-state index contributed by atoms with van der Waals surface area (Å²) in [5.41, 5.74) is 0. The van der Waals surface area contributed by atoms with Crippen molar-refractivity contribution in [2.75, 3.05) is 21.2 Å². The molecule has 82 valence electrons. The molecule has 0 fully saturated rings. The quantitative estimate of drug-likeness (QED) is 0.308. The highest BCUT2D eigenvalue weighted by Crippen LogP contribution is 2.49. The molecule has 6 nitrogen and oxygen atoms in total. The first-order valence-electron chi connectivity index (χ1n) is 6.24. The van der Waals surface area contributed by atoms with E-state index in [0.717, 1.165) is 14.0 Å². The Balaban J connectivity index is 5.19. The Labute approximate surface area is 90.8 Å². The first-order valence-corrected chi connectivity index (χ1v) is 4.70. The van der Waals surface area contributed by atoms with Gasteiger partial charge < -0.3 is 9.26 Å². The number of carbonyl (C=O) groups excluding carboxylic acids is 1. The molecule has 0 amide bonds. The van der Waals surface area contributed by atoms with E-state index in [2.05, 4.69) is 18.3 Å². The van der Waals surface area contributed by atoms with Gasteiger partial charge in [-0.15, -0.1) is 0 Å². The van der Waals surface area contributed by atoms with Gasteiger partial charge in [0, 0.05) is 14.1 Å². The van der Waals surface area contributed by atoms with Crippen LogP contribution in [0.5, 0.6) is 0 Å². The van der Waals surface area contributed by atoms with Gasteiger partial charge in [-0.25, -0.2) is 9.36 Å². The maximum absolute atomic E-state index is 11.9. The lowest BCUT2D eigenvalue weighted by Gasteiger charge is -2.13. The minimum Gasteiger partial charge on any atom is -0.466 e. The van der Waals surface area contributed by atoms with Crippen LogP contribution in [0.3, 0.4) is 0 Å². The number of phosphoric acid groups is 1. The van der Waals surface area contributed by atoms with Gasteiger partial charge in [0.25, 0.3) is 0 Å². The summed E-state index contributed by atoms with van der Waals surface area (Å²) in [5.74, 6) is -1.30. The van der Waals surface area contributed by atoms with Crippen molar-refractivity contribution < 1.29 is 35.9 Å². The van der Waals surface area contributed by atoms with Crippen molar-refractivity contribution in [1.82, 2.24) is 0 Å². The number of phosphoric ester groups is 1. The zero-order chi connectivity index (χ0) is 16.2. The van der Waals surface area contributed by atoms with Gasteiger partial charge in [-0.3, -0.25) is 9.05 Å². The van der Waals surface area contributed by atoms with Crippen LogP contribution in [0, 0.1) is 0 Å². The predicted octanol–water partition coefficient (Wildman–Crippen LogP) is 1.48. The van der Waals surface area contributed by atoms with E-state index in [9.17, 15) is 9.36 Å². The molecule has 0 N–H and O–H groups in total. The molecule has 7 heteroatoms. The summed E-state index contributed by atoms with van der Waals surface area (Å²) in [4.78, 5) is 10.9. The van der Waals surface area contributed by atoms with Gasteiger partial charge in [0.05, 0.1) is 21.4 Å². The fraction of sp³-hybridized carbons (Fsp3) is 0.571. The summed E-state index contributed by atoms with van der Waals surface area (Å²) in [6.45, 7) is 1.11. The Kier molecular flexibility index (Phi) is 2.44. The normalized spacial score (nSPS) is 20.6. The number of esters is 1. The van der Waals surface area contributed by atoms with E-state index in [1.165, 1.54) is 0 Å². The molecule has 0 saturated heterocycles. The molecule has 0 spiro atoms. The van der Waals surface area contributed by atoms with E-state index in [0.29, 0.717) is 6.08 Å². The molecular weight excluding hydrogens is 211 g/mol. The third-order valence-corrected chi connectivity index (χ3v) is 1.96. The highest BCUT2D eigenvalue weighted by atomic mass is 31.2. The van der Waals surface area contributed by atoms with Crippen molar-refractivity contribution in [1.29, 1.82) is 0 Å². The molecule has 0 rings (SSSR count). The standard InChI is InChI=1S/C7H13O6P/c1-6(5-7(8)10-2)13-14(9,11-3)12-4/h5H,1-4H3/b6-5+/i3D3,4D3. The van der Waals surface area contributed by atoms with E-state index in [4.69, 9.17) is 8.22 Å². The Hall–Kier alpha value is -0.840. The summed E-state index contributed by atoms with van der Waals surface area (Å²) in [6, 6.07) is 0. The molecule has 0 saturated carbocycles. The lowest BCUT2D eigenvalue weighted by Crippen LogP contribution is -1.99. The third-order valence-electron chi connectivity index (χ3n) is 1.00. The zero-order valence-electron chi connectivity index (χ0n) is 13.5. The molecular formula is C7H13O6P. The molecule has 0 aromatic rings. The van der Waals surface area contributed by atoms with Crippen molar-refractivity contribution in [2.24, 2.45) is 0 Å². The van der Waals surface area contributed by atoms with E-state index in [-0.39, 0.29) is 0 Å². The summed E-state index contributed by atoms with van der Waals surface area (Å²) in [7, 11) is -10.4. The Morgan fingerprint density at radius 1 is 1.43 bits per heavy atom.